The van der Waals surface area contributed by atoms with Crippen LogP contribution in [-0.4, -0.2) is 36.7 Å². The van der Waals surface area contributed by atoms with Gasteiger partial charge in [-0.3, -0.25) is 9.88 Å². The number of pyridine rings is 1. The summed E-state index contributed by atoms with van der Waals surface area (Å²) >= 11 is 0. The molecule has 0 aromatic carbocycles. The lowest BCUT2D eigenvalue weighted by Crippen LogP contribution is -2.33. The predicted molar refractivity (Wildman–Crippen MR) is 88.2 cm³/mol. The summed E-state index contributed by atoms with van der Waals surface area (Å²) in [5.41, 5.74) is 0.851. The molecule has 1 atom stereocenters. The van der Waals surface area contributed by atoms with Crippen molar-refractivity contribution in [1.29, 1.82) is 0 Å². The van der Waals surface area contributed by atoms with E-state index in [9.17, 15) is 0 Å². The third kappa shape index (κ3) is 3.43. The minimum atomic E-state index is 0.0728. The number of rotatable bonds is 5. The van der Waals surface area contributed by atoms with Gasteiger partial charge in [-0.15, -0.1) is 0 Å². The van der Waals surface area contributed by atoms with E-state index >= 15 is 0 Å². The smallest absolute Gasteiger partial charge is 0.244 e. The summed E-state index contributed by atoms with van der Waals surface area (Å²) in [6.45, 7) is 3.55. The van der Waals surface area contributed by atoms with Gasteiger partial charge in [0.05, 0.1) is 12.6 Å². The van der Waals surface area contributed by atoms with Gasteiger partial charge in [0.1, 0.15) is 0 Å². The number of likely N-dealkylation sites (tertiary alicyclic amines) is 1. The van der Waals surface area contributed by atoms with Crippen molar-refractivity contribution in [2.75, 3.05) is 6.54 Å². The lowest BCUT2D eigenvalue weighted by atomic mass is 10.0. The molecule has 0 saturated carbocycles. The van der Waals surface area contributed by atoms with E-state index in [0.29, 0.717) is 24.2 Å². The molecular weight excluding hydrogens is 320 g/mol. The normalized spacial score (nSPS) is 18.5. The molecule has 0 spiro atoms. The maximum absolute atomic E-state index is 5.56. The molecule has 0 radical (unpaired) electrons. The first-order chi connectivity index (χ1) is 12.3. The van der Waals surface area contributed by atoms with Crippen LogP contribution in [0.25, 0.3) is 11.4 Å². The quantitative estimate of drug-likeness (QED) is 0.700. The van der Waals surface area contributed by atoms with E-state index in [0.717, 1.165) is 43.6 Å². The maximum Gasteiger partial charge on any atom is 0.244 e. The Morgan fingerprint density at radius 3 is 2.96 bits per heavy atom. The lowest BCUT2D eigenvalue weighted by molar-refractivity contribution is 0.0986. The van der Waals surface area contributed by atoms with Gasteiger partial charge in [-0.2, -0.15) is 9.97 Å². The zero-order valence-corrected chi connectivity index (χ0v) is 14.1. The van der Waals surface area contributed by atoms with Crippen LogP contribution in [-0.2, 0) is 13.0 Å². The number of aryl methyl sites for hydroxylation is 1. The molecule has 0 aliphatic carbocycles. The molecule has 8 nitrogen and oxygen atoms in total. The SMILES string of the molecule is CCc1noc(CN2CCCCC2c2nc(-c3cccnc3)no2)n1. The second-order valence-corrected chi connectivity index (χ2v) is 6.14. The zero-order chi connectivity index (χ0) is 17.1. The Morgan fingerprint density at radius 1 is 1.20 bits per heavy atom. The van der Waals surface area contributed by atoms with Gasteiger partial charge in [-0.05, 0) is 31.5 Å². The lowest BCUT2D eigenvalue weighted by Gasteiger charge is -2.31. The van der Waals surface area contributed by atoms with E-state index in [1.807, 2.05) is 19.1 Å². The number of nitrogens with zero attached hydrogens (tertiary/aromatic N) is 6. The molecule has 3 aromatic heterocycles. The maximum atomic E-state index is 5.56. The average molecular weight is 340 g/mol. The highest BCUT2D eigenvalue weighted by atomic mass is 16.5. The van der Waals surface area contributed by atoms with Crippen molar-refractivity contribution >= 4 is 0 Å². The largest absolute Gasteiger partial charge is 0.338 e. The second-order valence-electron chi connectivity index (χ2n) is 6.14. The molecule has 0 amide bonds. The molecular formula is C17H20N6O2. The van der Waals surface area contributed by atoms with Crippen molar-refractivity contribution in [3.63, 3.8) is 0 Å². The van der Waals surface area contributed by atoms with Crippen LogP contribution in [0.4, 0.5) is 0 Å². The molecule has 4 heterocycles. The van der Waals surface area contributed by atoms with E-state index < -0.39 is 0 Å². The van der Waals surface area contributed by atoms with E-state index in [-0.39, 0.29) is 6.04 Å². The van der Waals surface area contributed by atoms with Crippen LogP contribution < -0.4 is 0 Å². The number of aromatic nitrogens is 5. The molecule has 1 saturated heterocycles. The van der Waals surface area contributed by atoms with Crippen molar-refractivity contribution in [2.45, 2.75) is 45.2 Å². The van der Waals surface area contributed by atoms with E-state index in [2.05, 4.69) is 30.2 Å². The third-order valence-corrected chi connectivity index (χ3v) is 4.42. The van der Waals surface area contributed by atoms with Gasteiger partial charge in [-0.1, -0.05) is 23.7 Å². The summed E-state index contributed by atoms with van der Waals surface area (Å²) in [6, 6.07) is 3.85. The molecule has 1 fully saturated rings. The highest BCUT2D eigenvalue weighted by molar-refractivity contribution is 5.51. The van der Waals surface area contributed by atoms with Crippen molar-refractivity contribution in [3.05, 3.63) is 42.1 Å². The third-order valence-electron chi connectivity index (χ3n) is 4.42. The van der Waals surface area contributed by atoms with Crippen LogP contribution in [0.1, 0.15) is 49.8 Å². The molecule has 25 heavy (non-hydrogen) atoms. The van der Waals surface area contributed by atoms with E-state index in [1.54, 1.807) is 12.4 Å². The fraction of sp³-hybridized carbons (Fsp3) is 0.471. The van der Waals surface area contributed by atoms with Crippen LogP contribution >= 0.6 is 0 Å². The molecule has 1 aliphatic rings. The van der Waals surface area contributed by atoms with Crippen molar-refractivity contribution in [1.82, 2.24) is 30.2 Å². The number of piperidine rings is 1. The molecule has 1 unspecified atom stereocenters. The van der Waals surface area contributed by atoms with Crippen LogP contribution in [0, 0.1) is 0 Å². The number of hydrogen-bond donors (Lipinski definition) is 0. The monoisotopic (exact) mass is 340 g/mol. The number of hydrogen-bond acceptors (Lipinski definition) is 8. The van der Waals surface area contributed by atoms with Gasteiger partial charge in [0, 0.05) is 24.4 Å². The summed E-state index contributed by atoms with van der Waals surface area (Å²) in [5, 5.41) is 8.09. The van der Waals surface area contributed by atoms with Crippen molar-refractivity contribution in [2.24, 2.45) is 0 Å². The van der Waals surface area contributed by atoms with Gasteiger partial charge in [0.25, 0.3) is 0 Å². The Balaban J connectivity index is 1.54. The Kier molecular flexibility index (Phi) is 4.51. The van der Waals surface area contributed by atoms with E-state index in [4.69, 9.17) is 9.05 Å². The summed E-state index contributed by atoms with van der Waals surface area (Å²) in [4.78, 5) is 15.4. The van der Waals surface area contributed by atoms with Gasteiger partial charge < -0.3 is 9.05 Å². The fourth-order valence-corrected chi connectivity index (χ4v) is 3.11. The first kappa shape index (κ1) is 15.9. The zero-order valence-electron chi connectivity index (χ0n) is 14.1. The van der Waals surface area contributed by atoms with Gasteiger partial charge in [0.15, 0.2) is 5.82 Å². The molecule has 1 aliphatic heterocycles. The first-order valence-corrected chi connectivity index (χ1v) is 8.63. The van der Waals surface area contributed by atoms with Crippen LogP contribution in [0.2, 0.25) is 0 Å². The highest BCUT2D eigenvalue weighted by Crippen LogP contribution is 2.32. The Morgan fingerprint density at radius 2 is 2.16 bits per heavy atom. The topological polar surface area (TPSA) is 94.0 Å². The summed E-state index contributed by atoms with van der Waals surface area (Å²) in [7, 11) is 0. The highest BCUT2D eigenvalue weighted by Gasteiger charge is 2.30. The minimum Gasteiger partial charge on any atom is -0.338 e. The molecule has 0 bridgehead atoms. The predicted octanol–water partition coefficient (Wildman–Crippen LogP) is 2.80. The Hall–Kier alpha value is -2.61. The van der Waals surface area contributed by atoms with Crippen LogP contribution in [0.15, 0.2) is 33.6 Å². The van der Waals surface area contributed by atoms with Crippen molar-refractivity contribution < 1.29 is 9.05 Å². The second kappa shape index (κ2) is 7.10. The van der Waals surface area contributed by atoms with Gasteiger partial charge in [0.2, 0.25) is 17.6 Å². The van der Waals surface area contributed by atoms with E-state index in [1.165, 1.54) is 0 Å². The van der Waals surface area contributed by atoms with Crippen LogP contribution in [0.3, 0.4) is 0 Å². The molecule has 3 aromatic rings. The van der Waals surface area contributed by atoms with Crippen molar-refractivity contribution in [3.8, 4) is 11.4 Å². The molecule has 8 heteroatoms. The first-order valence-electron chi connectivity index (χ1n) is 8.63. The van der Waals surface area contributed by atoms with Gasteiger partial charge >= 0.3 is 0 Å². The van der Waals surface area contributed by atoms with Gasteiger partial charge in [-0.25, -0.2) is 0 Å². The molecule has 0 N–H and O–H groups in total. The Bertz CT molecular complexity index is 815. The minimum absolute atomic E-state index is 0.0728. The average Bonchev–Trinajstić information content (AvgIpc) is 3.32. The summed E-state index contributed by atoms with van der Waals surface area (Å²) in [6.07, 6.45) is 7.47. The summed E-state index contributed by atoms with van der Waals surface area (Å²) < 4.78 is 10.9. The molecule has 4 rings (SSSR count). The molecule has 130 valence electrons. The Labute approximate surface area is 145 Å². The summed E-state index contributed by atoms with van der Waals surface area (Å²) in [5.74, 6) is 2.57. The fourth-order valence-electron chi connectivity index (χ4n) is 3.11. The standard InChI is InChI=1S/C17H20N6O2/c1-2-14-19-15(24-21-14)11-23-9-4-3-7-13(23)17-20-16(22-25-17)12-6-5-8-18-10-12/h5-6,8,10,13H,2-4,7,9,11H2,1H3. The van der Waals surface area contributed by atoms with Crippen LogP contribution in [0.5, 0.6) is 0 Å².